The van der Waals surface area contributed by atoms with Gasteiger partial charge in [-0.05, 0) is 0 Å². The smallest absolute Gasteiger partial charge is 0.389 e. The van der Waals surface area contributed by atoms with E-state index in [1.807, 2.05) is 0 Å². The van der Waals surface area contributed by atoms with E-state index < -0.39 is 30.1 Å². The van der Waals surface area contributed by atoms with Gasteiger partial charge in [-0.25, -0.2) is 9.59 Å². The summed E-state index contributed by atoms with van der Waals surface area (Å²) in [7, 11) is 0. The van der Waals surface area contributed by atoms with E-state index in [-0.39, 0.29) is 13.2 Å². The summed E-state index contributed by atoms with van der Waals surface area (Å²) in [6, 6.07) is 0. The number of rotatable bonds is 0. The number of esters is 2. The zero-order valence-corrected chi connectivity index (χ0v) is 8.21. The Hall–Kier alpha value is -1.22. The molecule has 2 unspecified atom stereocenters. The zero-order valence-electron chi connectivity index (χ0n) is 8.21. The zero-order chi connectivity index (χ0) is 11.8. The first-order chi connectivity index (χ1) is 7.54. The van der Waals surface area contributed by atoms with Crippen molar-refractivity contribution in [3.63, 3.8) is 0 Å². The molecule has 2 atom stereocenters. The van der Waals surface area contributed by atoms with Gasteiger partial charge < -0.3 is 29.7 Å². The number of morpholine rings is 1. The standard InChI is InChI=1S/C8H11NO7/c10-4-5(11)7(13)16-8(15-6(4)12)3-9-1-2-14-8/h4-5,9-11H,1-3H2. The van der Waals surface area contributed by atoms with Gasteiger partial charge in [0.1, 0.15) is 6.54 Å². The third-order valence-electron chi connectivity index (χ3n) is 2.24. The van der Waals surface area contributed by atoms with Crippen LogP contribution in [0.3, 0.4) is 0 Å². The van der Waals surface area contributed by atoms with Gasteiger partial charge >= 0.3 is 17.9 Å². The van der Waals surface area contributed by atoms with Crippen LogP contribution in [-0.2, 0) is 23.8 Å². The first-order valence-electron chi connectivity index (χ1n) is 4.71. The molecule has 90 valence electrons. The van der Waals surface area contributed by atoms with Crippen LogP contribution in [0.1, 0.15) is 0 Å². The molecule has 0 aromatic rings. The summed E-state index contributed by atoms with van der Waals surface area (Å²) >= 11 is 0. The monoisotopic (exact) mass is 233 g/mol. The molecule has 0 aliphatic carbocycles. The van der Waals surface area contributed by atoms with Crippen molar-refractivity contribution in [1.82, 2.24) is 5.32 Å². The largest absolute Gasteiger partial charge is 0.395 e. The molecule has 8 heteroatoms. The van der Waals surface area contributed by atoms with Gasteiger partial charge in [0.25, 0.3) is 0 Å². The molecule has 16 heavy (non-hydrogen) atoms. The highest BCUT2D eigenvalue weighted by molar-refractivity contribution is 5.87. The molecule has 0 radical (unpaired) electrons. The molecule has 8 nitrogen and oxygen atoms in total. The van der Waals surface area contributed by atoms with Crippen LogP contribution in [0.25, 0.3) is 0 Å². The first-order valence-corrected chi connectivity index (χ1v) is 4.71. The van der Waals surface area contributed by atoms with Gasteiger partial charge in [0.15, 0.2) is 12.2 Å². The van der Waals surface area contributed by atoms with E-state index in [0.29, 0.717) is 6.54 Å². The van der Waals surface area contributed by atoms with Crippen LogP contribution in [-0.4, -0.2) is 60.0 Å². The van der Waals surface area contributed by atoms with Gasteiger partial charge in [-0.2, -0.15) is 0 Å². The Kier molecular flexibility index (Phi) is 2.80. The Bertz CT molecular complexity index is 288. The lowest BCUT2D eigenvalue weighted by Crippen LogP contribution is -2.54. The molecule has 1 spiro atoms. The summed E-state index contributed by atoms with van der Waals surface area (Å²) in [5, 5.41) is 21.2. The Morgan fingerprint density at radius 1 is 1.19 bits per heavy atom. The van der Waals surface area contributed by atoms with Crippen molar-refractivity contribution < 1.29 is 34.0 Å². The summed E-state index contributed by atoms with van der Waals surface area (Å²) in [6.07, 6.45) is -3.92. The minimum Gasteiger partial charge on any atom is -0.395 e. The summed E-state index contributed by atoms with van der Waals surface area (Å²) in [6.45, 7) is 0.638. The van der Waals surface area contributed by atoms with Crippen LogP contribution in [0.15, 0.2) is 0 Å². The molecule has 2 rings (SSSR count). The topological polar surface area (TPSA) is 114 Å². The van der Waals surface area contributed by atoms with E-state index >= 15 is 0 Å². The number of nitrogens with one attached hydrogen (secondary N) is 1. The van der Waals surface area contributed by atoms with Crippen LogP contribution < -0.4 is 5.32 Å². The molecular weight excluding hydrogens is 222 g/mol. The van der Waals surface area contributed by atoms with Gasteiger partial charge in [-0.15, -0.1) is 0 Å². The van der Waals surface area contributed by atoms with E-state index in [0.717, 1.165) is 0 Å². The molecule has 0 bridgehead atoms. The van der Waals surface area contributed by atoms with Gasteiger partial charge in [0.05, 0.1) is 6.61 Å². The second-order valence-corrected chi connectivity index (χ2v) is 3.44. The Balaban J connectivity index is 2.22. The molecular formula is C8H11NO7. The number of aliphatic hydroxyl groups excluding tert-OH is 2. The fourth-order valence-corrected chi connectivity index (χ4v) is 1.41. The van der Waals surface area contributed by atoms with Crippen molar-refractivity contribution in [3.05, 3.63) is 0 Å². The van der Waals surface area contributed by atoms with E-state index in [9.17, 15) is 19.8 Å². The maximum atomic E-state index is 11.3. The number of hydrogen-bond acceptors (Lipinski definition) is 8. The van der Waals surface area contributed by atoms with Crippen LogP contribution in [0.5, 0.6) is 0 Å². The molecule has 2 heterocycles. The average Bonchev–Trinajstić information content (AvgIpc) is 2.33. The minimum atomic E-state index is -1.96. The fourth-order valence-electron chi connectivity index (χ4n) is 1.41. The van der Waals surface area contributed by atoms with Crippen LogP contribution in [0, 0.1) is 0 Å². The summed E-state index contributed by atoms with van der Waals surface area (Å²) in [5.74, 6) is -4.21. The highest BCUT2D eigenvalue weighted by Crippen LogP contribution is 2.23. The highest BCUT2D eigenvalue weighted by Gasteiger charge is 2.50. The number of ether oxygens (including phenoxy) is 3. The number of carbonyl (C=O) groups excluding carboxylic acids is 2. The lowest BCUT2D eigenvalue weighted by atomic mass is 10.2. The normalized spacial score (nSPS) is 40.1. The lowest BCUT2D eigenvalue weighted by molar-refractivity contribution is -0.348. The lowest BCUT2D eigenvalue weighted by Gasteiger charge is -2.33. The minimum absolute atomic E-state index is 0.0517. The van der Waals surface area contributed by atoms with Gasteiger partial charge in [0.2, 0.25) is 0 Å². The summed E-state index contributed by atoms with van der Waals surface area (Å²) < 4.78 is 14.5. The van der Waals surface area contributed by atoms with Crippen molar-refractivity contribution in [3.8, 4) is 0 Å². The maximum Gasteiger partial charge on any atom is 0.389 e. The number of hydrogen-bond donors (Lipinski definition) is 3. The van der Waals surface area contributed by atoms with Gasteiger partial charge in [-0.3, -0.25) is 0 Å². The van der Waals surface area contributed by atoms with Gasteiger partial charge in [-0.1, -0.05) is 0 Å². The molecule has 0 aromatic heterocycles. The third-order valence-corrected chi connectivity index (χ3v) is 2.24. The molecule has 2 aliphatic heterocycles. The Labute approximate surface area is 90.1 Å². The van der Waals surface area contributed by atoms with Crippen LogP contribution in [0.4, 0.5) is 0 Å². The molecule has 0 saturated carbocycles. The first kappa shape index (κ1) is 11.3. The number of carbonyl (C=O) groups is 2. The Morgan fingerprint density at radius 3 is 2.19 bits per heavy atom. The second-order valence-electron chi connectivity index (χ2n) is 3.44. The quantitative estimate of drug-likeness (QED) is 0.381. The SMILES string of the molecule is O=C1OC2(CNCCO2)OC(=O)C(O)C1O. The predicted molar refractivity (Wildman–Crippen MR) is 45.8 cm³/mol. The van der Waals surface area contributed by atoms with E-state index in [1.54, 1.807) is 0 Å². The van der Waals surface area contributed by atoms with Crippen molar-refractivity contribution in [2.24, 2.45) is 0 Å². The maximum absolute atomic E-state index is 11.3. The highest BCUT2D eigenvalue weighted by atomic mass is 16.9. The molecule has 3 N–H and O–H groups in total. The van der Waals surface area contributed by atoms with Crippen LogP contribution >= 0.6 is 0 Å². The van der Waals surface area contributed by atoms with Crippen molar-refractivity contribution in [2.45, 2.75) is 18.2 Å². The summed E-state index contributed by atoms with van der Waals surface area (Å²) in [4.78, 5) is 22.5. The van der Waals surface area contributed by atoms with E-state index in [2.05, 4.69) is 5.32 Å². The van der Waals surface area contributed by atoms with Crippen molar-refractivity contribution in [1.29, 1.82) is 0 Å². The molecule has 0 amide bonds. The Morgan fingerprint density at radius 2 is 1.75 bits per heavy atom. The fraction of sp³-hybridized carbons (Fsp3) is 0.750. The van der Waals surface area contributed by atoms with E-state index in [4.69, 9.17) is 14.2 Å². The van der Waals surface area contributed by atoms with Crippen molar-refractivity contribution >= 4 is 11.9 Å². The summed E-state index contributed by atoms with van der Waals surface area (Å²) in [5.41, 5.74) is 0. The van der Waals surface area contributed by atoms with E-state index in [1.165, 1.54) is 0 Å². The molecule has 2 fully saturated rings. The van der Waals surface area contributed by atoms with Gasteiger partial charge in [0, 0.05) is 6.54 Å². The molecule has 2 saturated heterocycles. The molecule has 2 aliphatic rings. The average molecular weight is 233 g/mol. The molecule has 0 aromatic carbocycles. The second kappa shape index (κ2) is 3.98. The third kappa shape index (κ3) is 1.87. The number of aliphatic hydroxyl groups is 2. The van der Waals surface area contributed by atoms with Crippen molar-refractivity contribution in [2.75, 3.05) is 19.7 Å². The predicted octanol–water partition coefficient (Wildman–Crippen LogP) is -2.92. The van der Waals surface area contributed by atoms with Crippen LogP contribution in [0.2, 0.25) is 0 Å².